The molecule has 3 aliphatic rings. The van der Waals surface area contributed by atoms with E-state index in [0.29, 0.717) is 30.5 Å². The van der Waals surface area contributed by atoms with E-state index >= 15 is 0 Å². The predicted molar refractivity (Wildman–Crippen MR) is 131 cm³/mol. The minimum Gasteiger partial charge on any atom is -0.493 e. The van der Waals surface area contributed by atoms with Crippen LogP contribution >= 0.6 is 0 Å². The van der Waals surface area contributed by atoms with Gasteiger partial charge in [0.25, 0.3) is 0 Å². The van der Waals surface area contributed by atoms with Crippen LogP contribution in [0.25, 0.3) is 0 Å². The third-order valence-electron chi connectivity index (χ3n) is 7.61. The third-order valence-corrected chi connectivity index (χ3v) is 7.61. The summed E-state index contributed by atoms with van der Waals surface area (Å²) in [6, 6.07) is 11.1. The Morgan fingerprint density at radius 1 is 0.711 bits per heavy atom. The van der Waals surface area contributed by atoms with Gasteiger partial charge >= 0.3 is 0 Å². The topological polar surface area (TPSA) is 146 Å². The quantitative estimate of drug-likeness (QED) is 0.384. The van der Waals surface area contributed by atoms with Gasteiger partial charge < -0.3 is 53.6 Å². The predicted octanol–water partition coefficient (Wildman–Crippen LogP) is 0.966. The highest BCUT2D eigenvalue weighted by Crippen LogP contribution is 2.51. The number of benzene rings is 2. The highest BCUT2D eigenvalue weighted by Gasteiger charge is 2.49. The molecule has 0 spiro atoms. The molecule has 3 heterocycles. The van der Waals surface area contributed by atoms with Crippen molar-refractivity contribution in [2.75, 3.05) is 41.2 Å². The van der Waals surface area contributed by atoms with Crippen LogP contribution in [0.2, 0.25) is 0 Å². The summed E-state index contributed by atoms with van der Waals surface area (Å²) in [5, 5.41) is 39.8. The van der Waals surface area contributed by atoms with E-state index in [4.69, 9.17) is 33.2 Å². The molecule has 4 N–H and O–H groups in total. The maximum Gasteiger partial charge on any atom is 0.229 e. The van der Waals surface area contributed by atoms with Gasteiger partial charge in [-0.1, -0.05) is 12.1 Å². The monoisotopic (exact) mass is 534 g/mol. The normalized spacial score (nSPS) is 34.6. The first-order valence-electron chi connectivity index (χ1n) is 12.5. The van der Waals surface area contributed by atoms with Crippen LogP contribution in [0, 0.1) is 11.8 Å². The van der Waals surface area contributed by atoms with Gasteiger partial charge in [0.2, 0.25) is 6.29 Å². The number of methoxy groups -OCH3 is 3. The number of fused-ring (bicyclic) bond motifs is 1. The first kappa shape index (κ1) is 26.9. The molecule has 38 heavy (non-hydrogen) atoms. The van der Waals surface area contributed by atoms with E-state index in [1.165, 1.54) is 7.11 Å². The van der Waals surface area contributed by atoms with Crippen molar-refractivity contribution in [3.63, 3.8) is 0 Å². The molecular weight excluding hydrogens is 500 g/mol. The maximum absolute atomic E-state index is 10.3. The number of rotatable bonds is 8. The number of aliphatic hydroxyl groups is 4. The fraction of sp³-hybridized carbons (Fsp3) is 0.556. The Morgan fingerprint density at radius 3 is 1.76 bits per heavy atom. The minimum absolute atomic E-state index is 0.120. The van der Waals surface area contributed by atoms with E-state index in [2.05, 4.69) is 0 Å². The fourth-order valence-corrected chi connectivity index (χ4v) is 5.51. The Labute approximate surface area is 220 Å². The van der Waals surface area contributed by atoms with Crippen LogP contribution in [0.15, 0.2) is 36.4 Å². The lowest BCUT2D eigenvalue weighted by atomic mass is 9.85. The highest BCUT2D eigenvalue weighted by atomic mass is 16.7. The van der Waals surface area contributed by atoms with Gasteiger partial charge in [0, 0.05) is 11.8 Å². The minimum atomic E-state index is -1.54. The van der Waals surface area contributed by atoms with Crippen molar-refractivity contribution < 1.29 is 53.6 Å². The van der Waals surface area contributed by atoms with Crippen LogP contribution < -0.4 is 18.9 Å². The molecule has 3 aliphatic heterocycles. The second-order valence-electron chi connectivity index (χ2n) is 9.68. The Balaban J connectivity index is 1.31. The standard InChI is InChI=1S/C27H34O11/c1-32-17-6-4-13(8-19(17)33-2)25-15-11-36-26(16(15)12-35-25)14-5-7-18(20(9-14)34-3)37-27-24(31)23(30)22(29)21(10-28)38-27/h4-9,15-16,21-31H,10-12H2,1-3H3/t15-,16-,21+,22-,23-,24+,25+,26+,27+/m0/s1. The molecule has 11 nitrogen and oxygen atoms in total. The molecule has 0 radical (unpaired) electrons. The SMILES string of the molecule is COc1ccc([C@H]2OC[C@H]3[C@@H]2CO[C@@H]3c2ccc(O[C@@H]3O[C@H](CO)[C@H](O)[C@H](O)[C@H]3O)c(OC)c2)cc1OC. The first-order chi connectivity index (χ1) is 18.4. The molecule has 0 unspecified atom stereocenters. The van der Waals surface area contributed by atoms with Crippen LogP contribution in [-0.2, 0) is 14.2 Å². The molecule has 0 aromatic heterocycles. The van der Waals surface area contributed by atoms with Crippen LogP contribution in [0.5, 0.6) is 23.0 Å². The Bertz CT molecular complexity index is 1110. The fourth-order valence-electron chi connectivity index (χ4n) is 5.51. The second kappa shape index (κ2) is 11.2. The number of hydrogen-bond donors (Lipinski definition) is 4. The van der Waals surface area contributed by atoms with Crippen molar-refractivity contribution in [1.82, 2.24) is 0 Å². The summed E-state index contributed by atoms with van der Waals surface area (Å²) in [5.41, 5.74) is 1.88. The van der Waals surface area contributed by atoms with Crippen LogP contribution in [0.1, 0.15) is 23.3 Å². The van der Waals surface area contributed by atoms with Crippen molar-refractivity contribution in [1.29, 1.82) is 0 Å². The summed E-state index contributed by atoms with van der Waals surface area (Å²) >= 11 is 0. The van der Waals surface area contributed by atoms with Crippen molar-refractivity contribution in [2.24, 2.45) is 11.8 Å². The summed E-state index contributed by atoms with van der Waals surface area (Å²) in [4.78, 5) is 0. The van der Waals surface area contributed by atoms with Crippen LogP contribution in [0.4, 0.5) is 0 Å². The molecule has 0 saturated carbocycles. The van der Waals surface area contributed by atoms with E-state index < -0.39 is 37.3 Å². The van der Waals surface area contributed by atoms with Gasteiger partial charge in [0.15, 0.2) is 23.0 Å². The number of hydrogen-bond acceptors (Lipinski definition) is 11. The molecule has 2 aromatic carbocycles. The summed E-state index contributed by atoms with van der Waals surface area (Å²) in [7, 11) is 4.69. The summed E-state index contributed by atoms with van der Waals surface area (Å²) in [6.07, 6.45) is -7.29. The Hall–Kier alpha value is -2.64. The van der Waals surface area contributed by atoms with E-state index in [9.17, 15) is 20.4 Å². The van der Waals surface area contributed by atoms with Crippen molar-refractivity contribution >= 4 is 0 Å². The van der Waals surface area contributed by atoms with Gasteiger partial charge in [0.05, 0.1) is 53.4 Å². The average Bonchev–Trinajstić information content (AvgIpc) is 3.55. The molecular formula is C27H34O11. The van der Waals surface area contributed by atoms with E-state index in [0.717, 1.165) is 11.1 Å². The molecule has 11 heteroatoms. The molecule has 9 atom stereocenters. The van der Waals surface area contributed by atoms with Gasteiger partial charge in [-0.05, 0) is 35.4 Å². The molecule has 0 amide bonds. The molecule has 0 bridgehead atoms. The lowest BCUT2D eigenvalue weighted by molar-refractivity contribution is -0.277. The van der Waals surface area contributed by atoms with Gasteiger partial charge in [-0.25, -0.2) is 0 Å². The van der Waals surface area contributed by atoms with E-state index in [1.807, 2.05) is 24.3 Å². The lowest BCUT2D eigenvalue weighted by Gasteiger charge is -2.39. The van der Waals surface area contributed by atoms with Gasteiger partial charge in [-0.3, -0.25) is 0 Å². The van der Waals surface area contributed by atoms with Crippen molar-refractivity contribution in [3.8, 4) is 23.0 Å². The van der Waals surface area contributed by atoms with Crippen LogP contribution in [-0.4, -0.2) is 92.3 Å². The zero-order valence-electron chi connectivity index (χ0n) is 21.4. The van der Waals surface area contributed by atoms with Crippen molar-refractivity contribution in [3.05, 3.63) is 47.5 Å². The van der Waals surface area contributed by atoms with Crippen LogP contribution in [0.3, 0.4) is 0 Å². The van der Waals surface area contributed by atoms with E-state index in [1.54, 1.807) is 26.4 Å². The van der Waals surface area contributed by atoms with E-state index in [-0.39, 0.29) is 29.8 Å². The molecule has 208 valence electrons. The van der Waals surface area contributed by atoms with Gasteiger partial charge in [-0.15, -0.1) is 0 Å². The Morgan fingerprint density at radius 2 is 1.24 bits per heavy atom. The average molecular weight is 535 g/mol. The third kappa shape index (κ3) is 4.79. The molecule has 0 aliphatic carbocycles. The summed E-state index contributed by atoms with van der Waals surface area (Å²) in [5.74, 6) is 2.21. The number of aliphatic hydroxyl groups excluding tert-OH is 4. The molecule has 5 rings (SSSR count). The zero-order valence-corrected chi connectivity index (χ0v) is 21.4. The van der Waals surface area contributed by atoms with Gasteiger partial charge in [-0.2, -0.15) is 0 Å². The first-order valence-corrected chi connectivity index (χ1v) is 12.5. The second-order valence-corrected chi connectivity index (χ2v) is 9.68. The molecule has 2 aromatic rings. The molecule has 3 saturated heterocycles. The molecule has 3 fully saturated rings. The highest BCUT2D eigenvalue weighted by molar-refractivity contribution is 5.45. The smallest absolute Gasteiger partial charge is 0.229 e. The van der Waals surface area contributed by atoms with Gasteiger partial charge in [0.1, 0.15) is 24.4 Å². The number of ether oxygens (including phenoxy) is 7. The zero-order chi connectivity index (χ0) is 27.0. The Kier molecular flexibility index (Phi) is 7.96. The largest absolute Gasteiger partial charge is 0.493 e. The lowest BCUT2D eigenvalue weighted by Crippen LogP contribution is -2.60. The van der Waals surface area contributed by atoms with Crippen molar-refractivity contribution in [2.45, 2.75) is 42.9 Å². The summed E-state index contributed by atoms with van der Waals surface area (Å²) in [6.45, 7) is 0.508. The summed E-state index contributed by atoms with van der Waals surface area (Å²) < 4.78 is 40.1. The maximum atomic E-state index is 10.3.